The number of aromatic nitrogens is 1. The molecule has 0 aliphatic carbocycles. The predicted molar refractivity (Wildman–Crippen MR) is 68.9 cm³/mol. The number of carbonyl (C=O) groups excluding carboxylic acids is 1. The topological polar surface area (TPSA) is 48.4 Å². The number of nitrogens with zero attached hydrogens (tertiary/aromatic N) is 1. The van der Waals surface area contributed by atoms with Crippen molar-refractivity contribution in [1.82, 2.24) is 4.98 Å². The lowest BCUT2D eigenvalue weighted by molar-refractivity contribution is -0.275. The summed E-state index contributed by atoms with van der Waals surface area (Å²) in [6.45, 7) is 0. The Morgan fingerprint density at radius 1 is 1.53 bits per heavy atom. The van der Waals surface area contributed by atoms with Crippen molar-refractivity contribution in [3.05, 3.63) is 21.0 Å². The molecule has 0 fully saturated rings. The molecule has 0 spiro atoms. The molecule has 0 aromatic carbocycles. The molecule has 0 aliphatic rings. The third kappa shape index (κ3) is 4.68. The van der Waals surface area contributed by atoms with Crippen LogP contribution in [0.25, 0.3) is 0 Å². The molecular weight excluding hydrogens is 401 g/mol. The van der Waals surface area contributed by atoms with Crippen molar-refractivity contribution >= 4 is 40.2 Å². The van der Waals surface area contributed by atoms with Gasteiger partial charge in [-0.15, -0.1) is 24.8 Å². The van der Waals surface area contributed by atoms with Crippen LogP contribution in [-0.2, 0) is 21.8 Å². The largest absolute Gasteiger partial charge is 0.573 e. The Balaban J connectivity index is 3.28. The summed E-state index contributed by atoms with van der Waals surface area (Å²) in [5.41, 5.74) is 0.123. The minimum absolute atomic E-state index is 0.0222. The Bertz CT molecular complexity index is 482. The van der Waals surface area contributed by atoms with Crippen LogP contribution in [0.15, 0.2) is 6.20 Å². The van der Waals surface area contributed by atoms with Crippen LogP contribution in [0, 0.1) is 3.57 Å². The van der Waals surface area contributed by atoms with Crippen LogP contribution < -0.4 is 4.74 Å². The highest BCUT2D eigenvalue weighted by Crippen LogP contribution is 2.33. The first-order valence-corrected chi connectivity index (χ1v) is 6.44. The van der Waals surface area contributed by atoms with Gasteiger partial charge >= 0.3 is 12.3 Å². The molecular formula is C10H8ClF3INO3. The minimum Gasteiger partial charge on any atom is -0.469 e. The molecule has 0 unspecified atom stereocenters. The second-order valence-electron chi connectivity index (χ2n) is 3.29. The highest BCUT2D eigenvalue weighted by molar-refractivity contribution is 14.1. The number of alkyl halides is 4. The number of esters is 1. The lowest BCUT2D eigenvalue weighted by Crippen LogP contribution is -2.21. The maximum Gasteiger partial charge on any atom is 0.573 e. The number of ether oxygens (including phenoxy) is 2. The van der Waals surface area contributed by atoms with Gasteiger partial charge in [0.05, 0.1) is 28.7 Å². The normalized spacial score (nSPS) is 11.3. The van der Waals surface area contributed by atoms with Gasteiger partial charge < -0.3 is 9.47 Å². The fraction of sp³-hybridized carbons (Fsp3) is 0.400. The number of hydrogen-bond acceptors (Lipinski definition) is 4. The maximum atomic E-state index is 12.4. The van der Waals surface area contributed by atoms with E-state index in [1.54, 1.807) is 22.6 Å². The van der Waals surface area contributed by atoms with Crippen molar-refractivity contribution in [3.63, 3.8) is 0 Å². The maximum absolute atomic E-state index is 12.4. The van der Waals surface area contributed by atoms with Crippen LogP contribution in [-0.4, -0.2) is 24.4 Å². The molecule has 0 amide bonds. The predicted octanol–water partition coefficient (Wildman–Crippen LogP) is 3.04. The molecule has 0 bridgehead atoms. The zero-order valence-electron chi connectivity index (χ0n) is 9.55. The van der Waals surface area contributed by atoms with E-state index in [-0.39, 0.29) is 20.7 Å². The summed E-state index contributed by atoms with van der Waals surface area (Å²) in [5.74, 6) is -1.32. The fourth-order valence-electron chi connectivity index (χ4n) is 1.29. The van der Waals surface area contributed by atoms with Crippen molar-refractivity contribution in [3.8, 4) is 5.75 Å². The van der Waals surface area contributed by atoms with Crippen LogP contribution in [0.1, 0.15) is 11.3 Å². The van der Waals surface area contributed by atoms with Gasteiger partial charge in [-0.25, -0.2) is 0 Å². The second kappa shape index (κ2) is 6.60. The quantitative estimate of drug-likeness (QED) is 0.436. The third-order valence-electron chi connectivity index (χ3n) is 2.07. The van der Waals surface area contributed by atoms with Crippen molar-refractivity contribution in [2.45, 2.75) is 18.7 Å². The smallest absolute Gasteiger partial charge is 0.469 e. The summed E-state index contributed by atoms with van der Waals surface area (Å²) in [4.78, 5) is 15.1. The van der Waals surface area contributed by atoms with Crippen LogP contribution in [0.2, 0.25) is 0 Å². The zero-order valence-corrected chi connectivity index (χ0v) is 12.5. The molecule has 19 heavy (non-hydrogen) atoms. The first-order chi connectivity index (χ1) is 8.78. The summed E-state index contributed by atoms with van der Waals surface area (Å²) >= 11 is 7.24. The number of methoxy groups -OCH3 is 1. The highest BCUT2D eigenvalue weighted by Gasteiger charge is 2.34. The van der Waals surface area contributed by atoms with E-state index in [1.165, 1.54) is 6.20 Å². The average Bonchev–Trinajstić information content (AvgIpc) is 2.32. The molecule has 1 aromatic heterocycles. The summed E-state index contributed by atoms with van der Waals surface area (Å²) < 4.78 is 45.6. The lowest BCUT2D eigenvalue weighted by atomic mass is 10.1. The SMILES string of the molecule is COC(=O)Cc1c(CCl)ncc(I)c1OC(F)(F)F. The van der Waals surface area contributed by atoms with Crippen LogP contribution >= 0.6 is 34.2 Å². The van der Waals surface area contributed by atoms with Crippen molar-refractivity contribution in [1.29, 1.82) is 0 Å². The van der Waals surface area contributed by atoms with Gasteiger partial charge in [0.15, 0.2) is 0 Å². The van der Waals surface area contributed by atoms with Crippen molar-refractivity contribution < 1.29 is 27.4 Å². The second-order valence-corrected chi connectivity index (χ2v) is 4.72. The summed E-state index contributed by atoms with van der Waals surface area (Å²) in [6.07, 6.45) is -4.07. The van der Waals surface area contributed by atoms with Crippen LogP contribution in [0.5, 0.6) is 5.75 Å². The Kier molecular flexibility index (Phi) is 5.65. The molecule has 0 atom stereocenters. The molecule has 0 radical (unpaired) electrons. The number of halogens is 5. The summed E-state index contributed by atoms with van der Waals surface area (Å²) in [7, 11) is 1.13. The van der Waals surface area contributed by atoms with Gasteiger partial charge in [0.1, 0.15) is 5.75 Å². The van der Waals surface area contributed by atoms with Gasteiger partial charge in [-0.05, 0) is 22.6 Å². The van der Waals surface area contributed by atoms with Crippen LogP contribution in [0.4, 0.5) is 13.2 Å². The van der Waals surface area contributed by atoms with Gasteiger partial charge in [-0.2, -0.15) is 0 Å². The van der Waals surface area contributed by atoms with Gasteiger partial charge in [-0.3, -0.25) is 9.78 Å². The van der Waals surface area contributed by atoms with E-state index in [4.69, 9.17) is 11.6 Å². The van der Waals surface area contributed by atoms with Gasteiger partial charge in [-0.1, -0.05) is 0 Å². The van der Waals surface area contributed by atoms with E-state index in [9.17, 15) is 18.0 Å². The zero-order chi connectivity index (χ0) is 14.6. The van der Waals surface area contributed by atoms with Gasteiger partial charge in [0.25, 0.3) is 0 Å². The van der Waals surface area contributed by atoms with Gasteiger partial charge in [0.2, 0.25) is 0 Å². The minimum atomic E-state index is -4.87. The van der Waals surface area contributed by atoms with E-state index < -0.39 is 24.5 Å². The Morgan fingerprint density at radius 2 is 2.16 bits per heavy atom. The number of carbonyl (C=O) groups is 1. The third-order valence-corrected chi connectivity index (χ3v) is 3.09. The first-order valence-electron chi connectivity index (χ1n) is 4.83. The summed E-state index contributed by atoms with van der Waals surface area (Å²) in [6, 6.07) is 0. The standard InChI is InChI=1S/C10H8ClF3INO3/c1-18-8(17)2-5-7(3-11)16-4-6(15)9(5)19-10(12,13)14/h4H,2-3H2,1H3. The van der Waals surface area contributed by atoms with E-state index in [0.29, 0.717) is 0 Å². The molecule has 0 N–H and O–H groups in total. The molecule has 1 aromatic rings. The summed E-state index contributed by atoms with van der Waals surface area (Å²) in [5, 5.41) is 0. The van der Waals surface area contributed by atoms with Crippen molar-refractivity contribution in [2.75, 3.05) is 7.11 Å². The highest BCUT2D eigenvalue weighted by atomic mass is 127. The van der Waals surface area contributed by atoms with Crippen molar-refractivity contribution in [2.24, 2.45) is 0 Å². The van der Waals surface area contributed by atoms with E-state index in [0.717, 1.165) is 7.11 Å². The molecule has 106 valence electrons. The Hall–Kier alpha value is -0.770. The van der Waals surface area contributed by atoms with Gasteiger partial charge in [0, 0.05) is 11.8 Å². The average molecular weight is 410 g/mol. The fourth-order valence-corrected chi connectivity index (χ4v) is 2.09. The molecule has 0 aliphatic heterocycles. The Labute approximate surface area is 125 Å². The number of hydrogen-bond donors (Lipinski definition) is 0. The monoisotopic (exact) mass is 409 g/mol. The lowest BCUT2D eigenvalue weighted by Gasteiger charge is -2.16. The number of rotatable bonds is 4. The van der Waals surface area contributed by atoms with Crippen LogP contribution in [0.3, 0.4) is 0 Å². The molecule has 4 nitrogen and oxygen atoms in total. The molecule has 9 heteroatoms. The molecule has 0 saturated heterocycles. The molecule has 1 heterocycles. The van der Waals surface area contributed by atoms with E-state index >= 15 is 0 Å². The molecule has 0 saturated carbocycles. The number of pyridine rings is 1. The van der Waals surface area contributed by atoms with E-state index in [1.807, 2.05) is 0 Å². The molecule has 1 rings (SSSR count). The first kappa shape index (κ1) is 16.3. The Morgan fingerprint density at radius 3 is 2.63 bits per heavy atom. The van der Waals surface area contributed by atoms with E-state index in [2.05, 4.69) is 14.5 Å².